The first-order chi connectivity index (χ1) is 6.77. The van der Waals surface area contributed by atoms with Crippen molar-refractivity contribution in [2.45, 2.75) is 31.8 Å². The number of hydrogen-bond donors (Lipinski definition) is 0. The van der Waals surface area contributed by atoms with Crippen molar-refractivity contribution in [1.29, 1.82) is 0 Å². The fraction of sp³-hybridized carbons (Fsp3) is 1.00. The van der Waals surface area contributed by atoms with Gasteiger partial charge in [0.15, 0.2) is 0 Å². The molecule has 0 bridgehead atoms. The Morgan fingerprint density at radius 1 is 1.29 bits per heavy atom. The molecule has 2 aliphatic rings. The zero-order valence-electron chi connectivity index (χ0n) is 9.41. The zero-order chi connectivity index (χ0) is 9.97. The largest absolute Gasteiger partial charge is 0.379 e. The third-order valence-electron chi connectivity index (χ3n) is 3.49. The number of rotatable bonds is 1. The second-order valence-electron chi connectivity index (χ2n) is 4.72. The Morgan fingerprint density at radius 2 is 2.14 bits per heavy atom. The SMILES string of the molecule is CC1COCCN1C1CCCN(C)C1. The predicted octanol–water partition coefficient (Wildman–Crippen LogP) is 0.801. The number of likely N-dealkylation sites (tertiary alicyclic amines) is 1. The summed E-state index contributed by atoms with van der Waals surface area (Å²) in [4.78, 5) is 5.09. The summed E-state index contributed by atoms with van der Waals surface area (Å²) < 4.78 is 5.47. The average molecular weight is 198 g/mol. The summed E-state index contributed by atoms with van der Waals surface area (Å²) in [6.45, 7) is 7.76. The van der Waals surface area contributed by atoms with Crippen molar-refractivity contribution in [2.75, 3.05) is 39.9 Å². The van der Waals surface area contributed by atoms with Crippen LogP contribution in [0.4, 0.5) is 0 Å². The van der Waals surface area contributed by atoms with Gasteiger partial charge >= 0.3 is 0 Å². The number of ether oxygens (including phenoxy) is 1. The van der Waals surface area contributed by atoms with Crippen LogP contribution in [0.25, 0.3) is 0 Å². The van der Waals surface area contributed by atoms with E-state index < -0.39 is 0 Å². The van der Waals surface area contributed by atoms with Gasteiger partial charge in [0.25, 0.3) is 0 Å². The lowest BCUT2D eigenvalue weighted by Crippen LogP contribution is -2.54. The molecule has 2 atom stereocenters. The summed E-state index contributed by atoms with van der Waals surface area (Å²) >= 11 is 0. The zero-order valence-corrected chi connectivity index (χ0v) is 9.41. The van der Waals surface area contributed by atoms with Gasteiger partial charge in [-0.15, -0.1) is 0 Å². The quantitative estimate of drug-likeness (QED) is 0.620. The smallest absolute Gasteiger partial charge is 0.0619 e. The number of hydrogen-bond acceptors (Lipinski definition) is 3. The van der Waals surface area contributed by atoms with Crippen molar-refractivity contribution < 1.29 is 4.74 Å². The highest BCUT2D eigenvalue weighted by Gasteiger charge is 2.28. The summed E-state index contributed by atoms with van der Waals surface area (Å²) in [5, 5.41) is 0. The molecule has 0 amide bonds. The van der Waals surface area contributed by atoms with Gasteiger partial charge in [0.2, 0.25) is 0 Å². The molecule has 2 rings (SSSR count). The Hall–Kier alpha value is -0.120. The van der Waals surface area contributed by atoms with Crippen molar-refractivity contribution >= 4 is 0 Å². The average Bonchev–Trinajstić information content (AvgIpc) is 2.18. The van der Waals surface area contributed by atoms with E-state index in [1.54, 1.807) is 0 Å². The van der Waals surface area contributed by atoms with Crippen LogP contribution in [-0.2, 0) is 4.74 Å². The Bertz CT molecular complexity index is 186. The molecule has 2 fully saturated rings. The van der Waals surface area contributed by atoms with Crippen molar-refractivity contribution in [2.24, 2.45) is 0 Å². The molecule has 3 heteroatoms. The monoisotopic (exact) mass is 198 g/mol. The molecule has 0 radical (unpaired) electrons. The molecule has 0 spiro atoms. The van der Waals surface area contributed by atoms with Crippen molar-refractivity contribution in [1.82, 2.24) is 9.80 Å². The van der Waals surface area contributed by atoms with Crippen LogP contribution >= 0.6 is 0 Å². The Labute approximate surface area is 87.0 Å². The number of morpholine rings is 1. The predicted molar refractivity (Wildman–Crippen MR) is 57.5 cm³/mol. The summed E-state index contributed by atoms with van der Waals surface area (Å²) in [6, 6.07) is 1.38. The maximum Gasteiger partial charge on any atom is 0.0619 e. The Balaban J connectivity index is 1.91. The van der Waals surface area contributed by atoms with Crippen LogP contribution in [0, 0.1) is 0 Å². The van der Waals surface area contributed by atoms with Crippen LogP contribution in [0.1, 0.15) is 19.8 Å². The summed E-state index contributed by atoms with van der Waals surface area (Å²) in [7, 11) is 2.23. The fourth-order valence-corrected chi connectivity index (χ4v) is 2.69. The Kier molecular flexibility index (Phi) is 3.42. The van der Waals surface area contributed by atoms with E-state index in [1.807, 2.05) is 0 Å². The highest BCUT2D eigenvalue weighted by molar-refractivity contribution is 4.84. The molecular weight excluding hydrogens is 176 g/mol. The van der Waals surface area contributed by atoms with E-state index in [0.29, 0.717) is 6.04 Å². The van der Waals surface area contributed by atoms with Crippen LogP contribution in [-0.4, -0.2) is 61.8 Å². The minimum absolute atomic E-state index is 0.611. The normalized spacial score (nSPS) is 37.3. The molecule has 2 unspecified atom stereocenters. The van der Waals surface area contributed by atoms with Crippen LogP contribution in [0.15, 0.2) is 0 Å². The molecular formula is C11H22N2O. The van der Waals surface area contributed by atoms with Crippen LogP contribution in [0.5, 0.6) is 0 Å². The molecule has 0 aromatic heterocycles. The molecule has 2 saturated heterocycles. The number of nitrogens with zero attached hydrogens (tertiary/aromatic N) is 2. The molecule has 0 N–H and O–H groups in total. The summed E-state index contributed by atoms with van der Waals surface area (Å²) in [6.07, 6.45) is 2.72. The molecule has 2 heterocycles. The fourth-order valence-electron chi connectivity index (χ4n) is 2.69. The van der Waals surface area contributed by atoms with Crippen LogP contribution in [0.3, 0.4) is 0 Å². The minimum atomic E-state index is 0.611. The molecule has 14 heavy (non-hydrogen) atoms. The molecule has 0 saturated carbocycles. The summed E-state index contributed by atoms with van der Waals surface area (Å²) in [5.41, 5.74) is 0. The van der Waals surface area contributed by atoms with Crippen molar-refractivity contribution in [3.05, 3.63) is 0 Å². The second kappa shape index (κ2) is 4.60. The lowest BCUT2D eigenvalue weighted by Gasteiger charge is -2.43. The Morgan fingerprint density at radius 3 is 2.86 bits per heavy atom. The van der Waals surface area contributed by atoms with Gasteiger partial charge in [-0.1, -0.05) is 0 Å². The van der Waals surface area contributed by atoms with Gasteiger partial charge in [-0.25, -0.2) is 0 Å². The highest BCUT2D eigenvalue weighted by atomic mass is 16.5. The standard InChI is InChI=1S/C11H22N2O/c1-10-9-14-7-6-13(10)11-4-3-5-12(2)8-11/h10-11H,3-9H2,1-2H3. The van der Waals surface area contributed by atoms with E-state index in [2.05, 4.69) is 23.8 Å². The van der Waals surface area contributed by atoms with E-state index in [1.165, 1.54) is 25.9 Å². The topological polar surface area (TPSA) is 15.7 Å². The molecule has 2 aliphatic heterocycles. The van der Waals surface area contributed by atoms with Gasteiger partial charge < -0.3 is 9.64 Å². The van der Waals surface area contributed by atoms with Gasteiger partial charge in [-0.3, -0.25) is 4.90 Å². The lowest BCUT2D eigenvalue weighted by atomic mass is 10.0. The lowest BCUT2D eigenvalue weighted by molar-refractivity contribution is -0.0354. The van der Waals surface area contributed by atoms with Crippen molar-refractivity contribution in [3.63, 3.8) is 0 Å². The van der Waals surface area contributed by atoms with E-state index in [0.717, 1.165) is 25.8 Å². The first-order valence-electron chi connectivity index (χ1n) is 5.79. The second-order valence-corrected chi connectivity index (χ2v) is 4.72. The molecule has 0 aromatic rings. The summed E-state index contributed by atoms with van der Waals surface area (Å²) in [5.74, 6) is 0. The van der Waals surface area contributed by atoms with Gasteiger partial charge in [0.1, 0.15) is 0 Å². The molecule has 0 aliphatic carbocycles. The van der Waals surface area contributed by atoms with E-state index in [9.17, 15) is 0 Å². The highest BCUT2D eigenvalue weighted by Crippen LogP contribution is 2.19. The van der Waals surface area contributed by atoms with Gasteiger partial charge in [0, 0.05) is 25.2 Å². The number of likely N-dealkylation sites (N-methyl/N-ethyl adjacent to an activating group) is 1. The van der Waals surface area contributed by atoms with Crippen molar-refractivity contribution in [3.8, 4) is 0 Å². The molecule has 82 valence electrons. The van der Waals surface area contributed by atoms with Gasteiger partial charge in [0.05, 0.1) is 13.2 Å². The van der Waals surface area contributed by atoms with E-state index >= 15 is 0 Å². The van der Waals surface area contributed by atoms with Gasteiger partial charge in [-0.05, 0) is 33.4 Å². The minimum Gasteiger partial charge on any atom is -0.379 e. The van der Waals surface area contributed by atoms with Crippen LogP contribution in [0.2, 0.25) is 0 Å². The molecule has 3 nitrogen and oxygen atoms in total. The number of piperidine rings is 1. The van der Waals surface area contributed by atoms with E-state index in [-0.39, 0.29) is 0 Å². The van der Waals surface area contributed by atoms with Crippen LogP contribution < -0.4 is 0 Å². The first-order valence-corrected chi connectivity index (χ1v) is 5.79. The van der Waals surface area contributed by atoms with E-state index in [4.69, 9.17) is 4.74 Å². The van der Waals surface area contributed by atoms with Gasteiger partial charge in [-0.2, -0.15) is 0 Å². The third kappa shape index (κ3) is 2.27. The first kappa shape index (κ1) is 10.4. The maximum atomic E-state index is 5.47. The maximum absolute atomic E-state index is 5.47. The molecule has 0 aromatic carbocycles. The third-order valence-corrected chi connectivity index (χ3v) is 3.49.